The monoisotopic (exact) mass is 944 g/mol. The minimum atomic E-state index is -1.06. The Labute approximate surface area is 436 Å². The van der Waals surface area contributed by atoms with Gasteiger partial charge in [0.15, 0.2) is 0 Å². The largest absolute Gasteiger partial charge is 0.310 e. The molecule has 11 aromatic carbocycles. The Hall–Kier alpha value is -9.24. The number of nitrogens with zero attached hydrogens (tertiary/aromatic N) is 2. The van der Waals surface area contributed by atoms with Crippen molar-refractivity contribution in [3.8, 4) is 27.9 Å². The van der Waals surface area contributed by atoms with Gasteiger partial charge in [-0.1, -0.05) is 230 Å². The summed E-state index contributed by atoms with van der Waals surface area (Å²) >= 11 is 0. The number of hydrogen-bond acceptors (Lipinski definition) is 1. The third-order valence-electron chi connectivity index (χ3n) is 17.0. The molecule has 0 saturated heterocycles. The van der Waals surface area contributed by atoms with Gasteiger partial charge in [-0.3, -0.25) is 0 Å². The van der Waals surface area contributed by atoms with Crippen LogP contribution in [0.15, 0.2) is 279 Å². The molecular weight excluding hydrogens is 893 g/mol. The van der Waals surface area contributed by atoms with Crippen LogP contribution in [-0.4, -0.2) is 4.57 Å². The summed E-state index contributed by atoms with van der Waals surface area (Å²) in [7, 11) is 0. The van der Waals surface area contributed by atoms with Gasteiger partial charge in [-0.05, 0) is 121 Å². The van der Waals surface area contributed by atoms with Gasteiger partial charge in [-0.25, -0.2) is 0 Å². The normalized spacial score (nSPS) is 18.8. The van der Waals surface area contributed by atoms with E-state index in [0.717, 1.165) is 77.9 Å². The summed E-state index contributed by atoms with van der Waals surface area (Å²) < 4.78 is 39.9. The fourth-order valence-electron chi connectivity index (χ4n) is 14.3. The Morgan fingerprint density at radius 3 is 1.81 bits per heavy atom. The van der Waals surface area contributed by atoms with Crippen LogP contribution >= 0.6 is 0 Å². The molecule has 346 valence electrons. The van der Waals surface area contributed by atoms with Crippen LogP contribution in [0.25, 0.3) is 60.5 Å². The van der Waals surface area contributed by atoms with E-state index < -0.39 is 10.8 Å². The van der Waals surface area contributed by atoms with E-state index in [4.69, 9.17) is 1.37 Å². The molecule has 3 unspecified atom stereocenters. The number of benzene rings is 11. The molecule has 0 fully saturated rings. The first-order valence-corrected chi connectivity index (χ1v) is 25.8. The molecule has 0 radical (unpaired) electrons. The highest BCUT2D eigenvalue weighted by Gasteiger charge is 2.54. The van der Waals surface area contributed by atoms with E-state index in [1.807, 2.05) is 18.2 Å². The summed E-state index contributed by atoms with van der Waals surface area (Å²) in [6.45, 7) is 0. The molecule has 16 rings (SSSR count). The lowest BCUT2D eigenvalue weighted by Gasteiger charge is -2.41. The zero-order valence-corrected chi connectivity index (χ0v) is 40.3. The lowest BCUT2D eigenvalue weighted by molar-refractivity contribution is 0.457. The van der Waals surface area contributed by atoms with Crippen LogP contribution < -0.4 is 4.90 Å². The lowest BCUT2D eigenvalue weighted by atomic mass is 9.61. The molecular formula is C72H48N2. The zero-order valence-electron chi connectivity index (χ0n) is 44.3. The molecule has 4 aliphatic carbocycles. The molecule has 2 nitrogen and oxygen atoms in total. The van der Waals surface area contributed by atoms with Crippen molar-refractivity contribution in [1.82, 2.24) is 4.57 Å². The first kappa shape index (κ1) is 37.5. The first-order chi connectivity index (χ1) is 38.4. The molecule has 2 heteroatoms. The van der Waals surface area contributed by atoms with E-state index >= 15 is 0 Å². The second-order valence-corrected chi connectivity index (χ2v) is 20.3. The van der Waals surface area contributed by atoms with Crippen LogP contribution in [0.4, 0.5) is 17.1 Å². The van der Waals surface area contributed by atoms with Crippen LogP contribution in [0.1, 0.15) is 55.9 Å². The van der Waals surface area contributed by atoms with Gasteiger partial charge in [-0.15, -0.1) is 0 Å². The first-order valence-electron chi connectivity index (χ1n) is 27.8. The number of allylic oxidation sites excluding steroid dienone is 4. The van der Waals surface area contributed by atoms with Crippen molar-refractivity contribution in [2.75, 3.05) is 4.90 Å². The topological polar surface area (TPSA) is 8.17 Å². The molecule has 1 spiro atoms. The number of rotatable bonds is 6. The number of fused-ring (bicyclic) bond motifs is 15. The van der Waals surface area contributed by atoms with Crippen LogP contribution in [0.3, 0.4) is 0 Å². The summed E-state index contributed by atoms with van der Waals surface area (Å²) in [5.74, 6) is 0.278. The Balaban J connectivity index is 1.03. The van der Waals surface area contributed by atoms with Gasteiger partial charge in [0.05, 0.1) is 33.0 Å². The number of hydrogen-bond donors (Lipinski definition) is 0. The fourth-order valence-corrected chi connectivity index (χ4v) is 14.3. The molecule has 0 N–H and O–H groups in total. The SMILES string of the molecule is [2H]c1c([2H])c([2H])c2c(c1[2H])-c1ccccc1C21c2ccccc2-c2cccc3c(N(c4ccc5c(c4)C(c4ccccc4)(c4ccccc4)C4C=CC=CC54)c4ccc5c6ccccc6n(-c6ccccc6)c5c4)ccc1c23. The number of para-hydroxylation sites is 2. The zero-order chi connectivity index (χ0) is 52.0. The van der Waals surface area contributed by atoms with Gasteiger partial charge >= 0.3 is 0 Å². The molecule has 0 amide bonds. The Bertz CT molecular complexity index is 4540. The maximum Gasteiger partial charge on any atom is 0.0725 e. The predicted molar refractivity (Wildman–Crippen MR) is 307 cm³/mol. The van der Waals surface area contributed by atoms with Crippen LogP contribution in [-0.2, 0) is 10.8 Å². The molecule has 0 bridgehead atoms. The molecule has 1 aromatic heterocycles. The van der Waals surface area contributed by atoms with Crippen molar-refractivity contribution < 1.29 is 5.48 Å². The summed E-state index contributed by atoms with van der Waals surface area (Å²) in [5.41, 5.74) is 16.9. The average molecular weight is 945 g/mol. The lowest BCUT2D eigenvalue weighted by Crippen LogP contribution is -2.35. The quantitative estimate of drug-likeness (QED) is 0.161. The number of aromatic nitrogens is 1. The van der Waals surface area contributed by atoms with Gasteiger partial charge in [0, 0.05) is 45.1 Å². The van der Waals surface area contributed by atoms with E-state index in [9.17, 15) is 4.11 Å². The minimum Gasteiger partial charge on any atom is -0.310 e. The molecule has 1 heterocycles. The molecule has 74 heavy (non-hydrogen) atoms. The van der Waals surface area contributed by atoms with Gasteiger partial charge < -0.3 is 9.47 Å². The second-order valence-electron chi connectivity index (χ2n) is 20.3. The van der Waals surface area contributed by atoms with Gasteiger partial charge in [0.2, 0.25) is 0 Å². The summed E-state index contributed by atoms with van der Waals surface area (Å²) in [5, 5.41) is 4.44. The standard InChI is InChI=1S/C72H48N2/c1-4-21-47(22-5-1)71(48-23-6-2-7-24-48)61-34-15-10-29-54(61)56-41-39-50(45-66(56)71)73(51-40-42-58-57-31-14-19-38-67(57)74(69(58)46-51)49-25-8-3-9-26-49)68-44-43-65-70-59(32-20-33-60(68)70)55-30-13-18-37-64(55)72(65)62-35-16-11-27-52(62)53-28-12-17-36-63(53)72/h1-46,54,61H/i11D,16D,27D,35D. The maximum absolute atomic E-state index is 9.86. The predicted octanol–water partition coefficient (Wildman–Crippen LogP) is 17.9. The third-order valence-corrected chi connectivity index (χ3v) is 17.0. The van der Waals surface area contributed by atoms with Crippen LogP contribution in [0, 0.1) is 5.92 Å². The van der Waals surface area contributed by atoms with Crippen molar-refractivity contribution in [2.24, 2.45) is 5.92 Å². The van der Waals surface area contributed by atoms with Crippen molar-refractivity contribution >= 4 is 49.6 Å². The average Bonchev–Trinajstić information content (AvgIpc) is 4.20. The summed E-state index contributed by atoms with van der Waals surface area (Å²) in [4.78, 5) is 2.47. The van der Waals surface area contributed by atoms with Crippen LogP contribution in [0.5, 0.6) is 0 Å². The minimum absolute atomic E-state index is 0.0129. The van der Waals surface area contributed by atoms with E-state index in [1.165, 1.54) is 33.0 Å². The van der Waals surface area contributed by atoms with Gasteiger partial charge in [0.1, 0.15) is 0 Å². The fraction of sp³-hybridized carbons (Fsp3) is 0.0556. The second kappa shape index (κ2) is 15.6. The Kier molecular flexibility index (Phi) is 7.93. The van der Waals surface area contributed by atoms with E-state index in [1.54, 1.807) is 0 Å². The molecule has 0 aliphatic heterocycles. The highest BCUT2D eigenvalue weighted by Crippen LogP contribution is 2.64. The van der Waals surface area contributed by atoms with E-state index in [-0.39, 0.29) is 36.0 Å². The van der Waals surface area contributed by atoms with E-state index in [0.29, 0.717) is 11.1 Å². The van der Waals surface area contributed by atoms with Crippen LogP contribution in [0.2, 0.25) is 0 Å². The molecule has 4 aliphatic rings. The highest BCUT2D eigenvalue weighted by atomic mass is 15.1. The van der Waals surface area contributed by atoms with Gasteiger partial charge in [-0.2, -0.15) is 0 Å². The van der Waals surface area contributed by atoms with Crippen molar-refractivity contribution in [1.29, 1.82) is 0 Å². The smallest absolute Gasteiger partial charge is 0.0725 e. The highest BCUT2D eigenvalue weighted by molar-refractivity contribution is 6.14. The molecule has 12 aromatic rings. The van der Waals surface area contributed by atoms with Crippen molar-refractivity contribution in [3.05, 3.63) is 324 Å². The number of anilines is 3. The van der Waals surface area contributed by atoms with Crippen molar-refractivity contribution in [3.63, 3.8) is 0 Å². The van der Waals surface area contributed by atoms with Crippen molar-refractivity contribution in [2.45, 2.75) is 16.7 Å². The molecule has 0 saturated carbocycles. The maximum atomic E-state index is 9.86. The Morgan fingerprint density at radius 1 is 0.419 bits per heavy atom. The summed E-state index contributed by atoms with van der Waals surface area (Å²) in [6, 6.07) is 83.2. The van der Waals surface area contributed by atoms with Gasteiger partial charge in [0.25, 0.3) is 0 Å². The van der Waals surface area contributed by atoms with E-state index in [2.05, 4.69) is 246 Å². The molecule has 3 atom stereocenters. The third kappa shape index (κ3) is 5.39. The summed E-state index contributed by atoms with van der Waals surface area (Å²) in [6.07, 6.45) is 9.27. The Morgan fingerprint density at radius 2 is 1.03 bits per heavy atom.